The molecule has 0 fully saturated rings. The molecule has 0 bridgehead atoms. The van der Waals surface area contributed by atoms with Crippen molar-refractivity contribution in [3.63, 3.8) is 0 Å². The van der Waals surface area contributed by atoms with Crippen LogP contribution in [0.25, 0.3) is 0 Å². The lowest BCUT2D eigenvalue weighted by molar-refractivity contribution is 0.0913. The number of hydrogen-bond acceptors (Lipinski definition) is 3. The number of benzene rings is 1. The van der Waals surface area contributed by atoms with Crippen LogP contribution in [-0.2, 0) is 14.8 Å². The summed E-state index contributed by atoms with van der Waals surface area (Å²) in [4.78, 5) is 0. The molecule has 1 N–H and O–H groups in total. The monoisotopic (exact) mass is 349 g/mol. The van der Waals surface area contributed by atoms with Crippen molar-refractivity contribution in [1.82, 2.24) is 0 Å². The Bertz CT molecular complexity index is 518. The van der Waals surface area contributed by atoms with Crippen LogP contribution in [0, 0.1) is 13.8 Å². The highest BCUT2D eigenvalue weighted by Gasteiger charge is 2.14. The van der Waals surface area contributed by atoms with Gasteiger partial charge in [-0.05, 0) is 51.0 Å². The summed E-state index contributed by atoms with van der Waals surface area (Å²) in [6.07, 6.45) is 0.0337. The molecule has 1 aromatic rings. The Morgan fingerprint density at radius 2 is 1.79 bits per heavy atom. The molecule has 0 aromatic heterocycles. The second-order valence-electron chi connectivity index (χ2n) is 4.76. The lowest BCUT2D eigenvalue weighted by atomic mass is 10.1. The van der Waals surface area contributed by atoms with E-state index in [-0.39, 0.29) is 18.5 Å². The summed E-state index contributed by atoms with van der Waals surface area (Å²) in [6.45, 7) is 7.70. The summed E-state index contributed by atoms with van der Waals surface area (Å²) in [5, 5.41) is 0. The Morgan fingerprint density at radius 1 is 1.26 bits per heavy atom. The van der Waals surface area contributed by atoms with Crippen molar-refractivity contribution in [2.45, 2.75) is 33.8 Å². The Kier molecular flexibility index (Phi) is 5.82. The van der Waals surface area contributed by atoms with Crippen molar-refractivity contribution in [3.8, 4) is 0 Å². The van der Waals surface area contributed by atoms with E-state index >= 15 is 0 Å². The van der Waals surface area contributed by atoms with E-state index in [0.717, 1.165) is 15.6 Å². The van der Waals surface area contributed by atoms with Crippen LogP contribution in [0.1, 0.15) is 25.0 Å². The van der Waals surface area contributed by atoms with Gasteiger partial charge in [-0.15, -0.1) is 0 Å². The lowest BCUT2D eigenvalue weighted by Crippen LogP contribution is -2.22. The molecule has 19 heavy (non-hydrogen) atoms. The van der Waals surface area contributed by atoms with Gasteiger partial charge in [-0.2, -0.15) is 0 Å². The van der Waals surface area contributed by atoms with Gasteiger partial charge in [0.15, 0.2) is 0 Å². The van der Waals surface area contributed by atoms with Gasteiger partial charge in [0.05, 0.1) is 24.2 Å². The molecule has 0 saturated carbocycles. The van der Waals surface area contributed by atoms with Crippen LogP contribution >= 0.6 is 15.9 Å². The highest BCUT2D eigenvalue weighted by atomic mass is 79.9. The average molecular weight is 350 g/mol. The molecular formula is C13H20BrNO3S. The van der Waals surface area contributed by atoms with Gasteiger partial charge >= 0.3 is 0 Å². The van der Waals surface area contributed by atoms with Gasteiger partial charge in [0.1, 0.15) is 0 Å². The largest absolute Gasteiger partial charge is 0.378 e. The van der Waals surface area contributed by atoms with E-state index in [1.54, 1.807) is 0 Å². The molecule has 108 valence electrons. The first-order chi connectivity index (χ1) is 8.71. The van der Waals surface area contributed by atoms with Crippen molar-refractivity contribution in [1.29, 1.82) is 0 Å². The van der Waals surface area contributed by atoms with Gasteiger partial charge in [0, 0.05) is 4.47 Å². The van der Waals surface area contributed by atoms with E-state index < -0.39 is 10.0 Å². The van der Waals surface area contributed by atoms with E-state index in [0.29, 0.717) is 5.69 Å². The molecule has 0 aliphatic heterocycles. The fraction of sp³-hybridized carbons (Fsp3) is 0.538. The van der Waals surface area contributed by atoms with Crippen molar-refractivity contribution < 1.29 is 13.2 Å². The zero-order valence-electron chi connectivity index (χ0n) is 11.7. The Labute approximate surface area is 123 Å². The van der Waals surface area contributed by atoms with Crippen molar-refractivity contribution in [2.24, 2.45) is 0 Å². The summed E-state index contributed by atoms with van der Waals surface area (Å²) in [6, 6.07) is 3.77. The molecule has 1 aromatic carbocycles. The number of hydrogen-bond donors (Lipinski definition) is 1. The normalized spacial score (nSPS) is 11.9. The number of anilines is 1. The molecular weight excluding hydrogens is 330 g/mol. The summed E-state index contributed by atoms with van der Waals surface area (Å²) in [7, 11) is -3.38. The van der Waals surface area contributed by atoms with E-state index in [2.05, 4.69) is 20.7 Å². The third kappa shape index (κ3) is 5.50. The minimum atomic E-state index is -3.38. The van der Waals surface area contributed by atoms with Gasteiger partial charge in [-0.1, -0.05) is 15.9 Å². The van der Waals surface area contributed by atoms with Crippen LogP contribution < -0.4 is 4.72 Å². The Morgan fingerprint density at radius 3 is 2.26 bits per heavy atom. The molecule has 0 aliphatic carbocycles. The van der Waals surface area contributed by atoms with E-state index in [1.807, 2.05) is 39.8 Å². The third-order valence-corrected chi connectivity index (χ3v) is 4.24. The minimum Gasteiger partial charge on any atom is -0.378 e. The van der Waals surface area contributed by atoms with Crippen LogP contribution in [0.2, 0.25) is 0 Å². The predicted octanol–water partition coefficient (Wildman–Crippen LogP) is 3.23. The number of aryl methyl sites for hydroxylation is 2. The first kappa shape index (κ1) is 16.5. The Hall–Kier alpha value is -0.590. The Balaban J connectivity index is 2.79. The topological polar surface area (TPSA) is 55.4 Å². The quantitative estimate of drug-likeness (QED) is 0.857. The molecule has 0 spiro atoms. The predicted molar refractivity (Wildman–Crippen MR) is 82.1 cm³/mol. The fourth-order valence-electron chi connectivity index (χ4n) is 1.67. The molecule has 0 radical (unpaired) electrons. The second-order valence-corrected chi connectivity index (χ2v) is 7.51. The van der Waals surface area contributed by atoms with Gasteiger partial charge in [-0.25, -0.2) is 8.42 Å². The standard InChI is InChI=1S/C13H20BrNO3S/c1-9(2)18-5-6-19(16,17)15-13-10(3)7-12(14)8-11(13)4/h7-9,15H,5-6H2,1-4H3. The molecule has 0 unspecified atom stereocenters. The summed E-state index contributed by atoms with van der Waals surface area (Å²) in [5.41, 5.74) is 2.42. The fourth-order valence-corrected chi connectivity index (χ4v) is 3.41. The molecule has 4 nitrogen and oxygen atoms in total. The van der Waals surface area contributed by atoms with Crippen LogP contribution in [0.5, 0.6) is 0 Å². The maximum atomic E-state index is 12.0. The summed E-state index contributed by atoms with van der Waals surface area (Å²) in [5.74, 6) is -0.0415. The third-order valence-electron chi connectivity index (χ3n) is 2.56. The first-order valence-corrected chi connectivity index (χ1v) is 8.54. The van der Waals surface area contributed by atoms with Gasteiger partial charge in [0.25, 0.3) is 0 Å². The number of rotatable bonds is 6. The van der Waals surface area contributed by atoms with E-state index in [9.17, 15) is 8.42 Å². The number of halogens is 1. The van der Waals surface area contributed by atoms with E-state index in [4.69, 9.17) is 4.74 Å². The van der Waals surface area contributed by atoms with Gasteiger partial charge < -0.3 is 4.74 Å². The molecule has 1 rings (SSSR count). The van der Waals surface area contributed by atoms with E-state index in [1.165, 1.54) is 0 Å². The summed E-state index contributed by atoms with van der Waals surface area (Å²) >= 11 is 3.39. The maximum Gasteiger partial charge on any atom is 0.235 e. The lowest BCUT2D eigenvalue weighted by Gasteiger charge is -2.14. The number of sulfonamides is 1. The molecule has 0 saturated heterocycles. The molecule has 0 heterocycles. The van der Waals surface area contributed by atoms with Crippen molar-refractivity contribution in [3.05, 3.63) is 27.7 Å². The van der Waals surface area contributed by atoms with Crippen LogP contribution in [0.3, 0.4) is 0 Å². The molecule has 6 heteroatoms. The highest BCUT2D eigenvalue weighted by Crippen LogP contribution is 2.25. The van der Waals surface area contributed by atoms with Crippen LogP contribution in [0.15, 0.2) is 16.6 Å². The first-order valence-electron chi connectivity index (χ1n) is 6.10. The van der Waals surface area contributed by atoms with Gasteiger partial charge in [-0.3, -0.25) is 4.72 Å². The average Bonchev–Trinajstić information content (AvgIpc) is 2.22. The molecule has 0 amide bonds. The number of nitrogens with one attached hydrogen (secondary N) is 1. The van der Waals surface area contributed by atoms with Gasteiger partial charge in [0.2, 0.25) is 10.0 Å². The zero-order chi connectivity index (χ0) is 14.6. The number of ether oxygens (including phenoxy) is 1. The zero-order valence-corrected chi connectivity index (χ0v) is 14.1. The van der Waals surface area contributed by atoms with Crippen LogP contribution in [0.4, 0.5) is 5.69 Å². The maximum absolute atomic E-state index is 12.0. The minimum absolute atomic E-state index is 0.0337. The van der Waals surface area contributed by atoms with Crippen LogP contribution in [-0.4, -0.2) is 26.9 Å². The summed E-state index contributed by atoms with van der Waals surface area (Å²) < 4.78 is 32.8. The second kappa shape index (κ2) is 6.72. The SMILES string of the molecule is Cc1cc(Br)cc(C)c1NS(=O)(=O)CCOC(C)C. The molecule has 0 atom stereocenters. The highest BCUT2D eigenvalue weighted by molar-refractivity contribution is 9.10. The van der Waals surface area contributed by atoms with Crippen molar-refractivity contribution in [2.75, 3.05) is 17.1 Å². The molecule has 0 aliphatic rings. The smallest absolute Gasteiger partial charge is 0.235 e. The van der Waals surface area contributed by atoms with Crippen molar-refractivity contribution >= 4 is 31.6 Å².